The number of ether oxygens (including phenoxy) is 1. The van der Waals surface area contributed by atoms with Crippen LogP contribution in [0, 0.1) is 40.9 Å². The molecule has 0 aromatic carbocycles. The Hall–Kier alpha value is -3.06. The quantitative estimate of drug-likeness (QED) is 0.238. The maximum atomic E-state index is 12.4. The molecule has 2 fully saturated rings. The van der Waals surface area contributed by atoms with Crippen LogP contribution < -0.4 is 0 Å². The minimum atomic E-state index is -0.568. The first-order chi connectivity index (χ1) is 12.1. The molecule has 2 atom stereocenters. The summed E-state index contributed by atoms with van der Waals surface area (Å²) in [6.45, 7) is 8.73. The molecule has 1 aliphatic carbocycles. The van der Waals surface area contributed by atoms with Crippen LogP contribution in [-0.2, 0) is 14.3 Å². The van der Waals surface area contributed by atoms with Crippen molar-refractivity contribution in [2.24, 2.45) is 17.3 Å². The molecule has 136 valence electrons. The van der Waals surface area contributed by atoms with E-state index in [2.05, 4.69) is 18.6 Å². The molecule has 0 aromatic rings. The summed E-state index contributed by atoms with van der Waals surface area (Å²) >= 11 is 0. The first-order valence-corrected chi connectivity index (χ1v) is 8.12. The fraction of sp³-hybridized carbons (Fsp3) is 0.474. The highest BCUT2D eigenvalue weighted by atomic mass is 16.5. The molecular formula is C19H21N3O4. The summed E-state index contributed by atoms with van der Waals surface area (Å²) in [6.07, 6.45) is 6.89. The number of terminal acetylenes is 1. The number of nitriles is 1. The summed E-state index contributed by atoms with van der Waals surface area (Å²) in [7, 11) is 0. The van der Waals surface area contributed by atoms with E-state index in [1.54, 1.807) is 13.0 Å². The van der Waals surface area contributed by atoms with Gasteiger partial charge in [-0.1, -0.05) is 32.4 Å². The van der Waals surface area contributed by atoms with Gasteiger partial charge in [0.25, 0.3) is 5.91 Å². The second kappa shape index (κ2) is 7.05. The highest BCUT2D eigenvalue weighted by Gasteiger charge is 2.61. The van der Waals surface area contributed by atoms with E-state index in [4.69, 9.17) is 16.4 Å². The molecule has 1 saturated heterocycles. The minimum absolute atomic E-state index is 0.0232. The summed E-state index contributed by atoms with van der Waals surface area (Å²) in [5.74, 6) is 0.727. The van der Waals surface area contributed by atoms with Gasteiger partial charge in [-0.2, -0.15) is 5.26 Å². The van der Waals surface area contributed by atoms with Gasteiger partial charge in [-0.05, 0) is 23.8 Å². The third kappa shape index (κ3) is 3.48. The number of carbonyl (C=O) groups is 3. The molecule has 3 amide bonds. The number of nitrogens with zero attached hydrogens (tertiary/aromatic N) is 3. The van der Waals surface area contributed by atoms with Gasteiger partial charge in [0, 0.05) is 0 Å². The second-order valence-corrected chi connectivity index (χ2v) is 7.05. The van der Waals surface area contributed by atoms with Gasteiger partial charge in [0.2, 0.25) is 0 Å². The molecule has 0 aromatic heterocycles. The van der Waals surface area contributed by atoms with Crippen LogP contribution in [0.5, 0.6) is 0 Å². The Morgan fingerprint density at radius 3 is 2.69 bits per heavy atom. The number of hydrogen-bond acceptors (Lipinski definition) is 5. The van der Waals surface area contributed by atoms with Crippen LogP contribution >= 0.6 is 0 Å². The van der Waals surface area contributed by atoms with Crippen LogP contribution in [-0.4, -0.2) is 47.5 Å². The highest BCUT2D eigenvalue weighted by Crippen LogP contribution is 2.60. The van der Waals surface area contributed by atoms with Gasteiger partial charge in [0.1, 0.15) is 6.54 Å². The summed E-state index contributed by atoms with van der Waals surface area (Å²) in [4.78, 5) is 38.4. The minimum Gasteiger partial charge on any atom is -0.443 e. The maximum Gasteiger partial charge on any atom is 0.330 e. The highest BCUT2D eigenvalue weighted by molar-refractivity contribution is 6.02. The van der Waals surface area contributed by atoms with Crippen LogP contribution in [0.25, 0.3) is 0 Å². The van der Waals surface area contributed by atoms with E-state index in [0.717, 1.165) is 4.90 Å². The van der Waals surface area contributed by atoms with Crippen molar-refractivity contribution in [3.8, 4) is 18.4 Å². The lowest BCUT2D eigenvalue weighted by Gasteiger charge is -2.15. The summed E-state index contributed by atoms with van der Waals surface area (Å²) in [6, 6.07) is 1.50. The SMILES string of the molecule is C#CCN1CC(=O)N(COC(=O)[C@@H]2[C@@H](/C=C(\C#N)C(=C)C)C2(C)C)C1=O. The summed E-state index contributed by atoms with van der Waals surface area (Å²) in [5, 5.41) is 9.15. The van der Waals surface area contributed by atoms with Gasteiger partial charge in [-0.3, -0.25) is 9.59 Å². The number of hydrogen-bond donors (Lipinski definition) is 0. The van der Waals surface area contributed by atoms with E-state index >= 15 is 0 Å². The van der Waals surface area contributed by atoms with Gasteiger partial charge >= 0.3 is 12.0 Å². The van der Waals surface area contributed by atoms with E-state index in [-0.39, 0.29) is 24.4 Å². The molecule has 7 heteroatoms. The Bertz CT molecular complexity index is 782. The molecule has 0 N–H and O–H groups in total. The molecule has 1 heterocycles. The van der Waals surface area contributed by atoms with Gasteiger partial charge in [-0.15, -0.1) is 6.42 Å². The smallest absolute Gasteiger partial charge is 0.330 e. The van der Waals surface area contributed by atoms with E-state index in [1.807, 2.05) is 13.8 Å². The molecule has 1 aliphatic heterocycles. The van der Waals surface area contributed by atoms with Gasteiger partial charge in [-0.25, -0.2) is 9.69 Å². The fourth-order valence-corrected chi connectivity index (χ4v) is 3.07. The van der Waals surface area contributed by atoms with Crippen LogP contribution in [0.4, 0.5) is 4.79 Å². The Morgan fingerprint density at radius 2 is 2.15 bits per heavy atom. The van der Waals surface area contributed by atoms with E-state index in [1.165, 1.54) is 4.90 Å². The molecule has 1 saturated carbocycles. The van der Waals surface area contributed by atoms with Crippen molar-refractivity contribution in [3.63, 3.8) is 0 Å². The van der Waals surface area contributed by atoms with Crippen molar-refractivity contribution < 1.29 is 19.1 Å². The van der Waals surface area contributed by atoms with E-state index in [9.17, 15) is 14.4 Å². The molecule has 2 aliphatic rings. The van der Waals surface area contributed by atoms with Gasteiger partial charge in [0.05, 0.1) is 24.1 Å². The van der Waals surface area contributed by atoms with Gasteiger partial charge in [0.15, 0.2) is 6.73 Å². The van der Waals surface area contributed by atoms with Crippen LogP contribution in [0.15, 0.2) is 23.8 Å². The van der Waals surface area contributed by atoms with E-state index in [0.29, 0.717) is 11.1 Å². The first-order valence-electron chi connectivity index (χ1n) is 8.12. The number of urea groups is 1. The normalized spacial score (nSPS) is 24.1. The summed E-state index contributed by atoms with van der Waals surface area (Å²) < 4.78 is 5.19. The topological polar surface area (TPSA) is 90.7 Å². The molecule has 7 nitrogen and oxygen atoms in total. The zero-order valence-electron chi connectivity index (χ0n) is 15.1. The standard InChI is InChI=1S/C19H21N3O4/c1-6-7-21-10-15(23)22(18(21)25)11-26-17(24)16-14(19(16,4)5)8-13(9-20)12(2)3/h1,8,14,16H,2,7,10-11H2,3-5H3/b13-8+/t14-,16+/m1/s1. The van der Waals surface area contributed by atoms with Crippen LogP contribution in [0.2, 0.25) is 0 Å². The zero-order valence-corrected chi connectivity index (χ0v) is 15.1. The molecular weight excluding hydrogens is 334 g/mol. The molecule has 0 spiro atoms. The maximum absolute atomic E-state index is 12.4. The van der Waals surface area contributed by atoms with E-state index < -0.39 is 30.6 Å². The first kappa shape index (κ1) is 19.3. The largest absolute Gasteiger partial charge is 0.443 e. The second-order valence-electron chi connectivity index (χ2n) is 7.05. The number of rotatable bonds is 6. The predicted molar refractivity (Wildman–Crippen MR) is 92.9 cm³/mol. The fourth-order valence-electron chi connectivity index (χ4n) is 3.07. The molecule has 26 heavy (non-hydrogen) atoms. The predicted octanol–water partition coefficient (Wildman–Crippen LogP) is 1.68. The molecule has 0 radical (unpaired) electrons. The lowest BCUT2D eigenvalue weighted by atomic mass is 10.0. The summed E-state index contributed by atoms with van der Waals surface area (Å²) in [5.41, 5.74) is 0.695. The van der Waals surface area contributed by atoms with Crippen molar-refractivity contribution in [1.29, 1.82) is 5.26 Å². The van der Waals surface area contributed by atoms with Crippen LogP contribution in [0.1, 0.15) is 20.8 Å². The third-order valence-corrected chi connectivity index (χ3v) is 4.84. The number of esters is 1. The molecule has 0 bridgehead atoms. The van der Waals surface area contributed by atoms with Gasteiger partial charge < -0.3 is 9.64 Å². The van der Waals surface area contributed by atoms with Crippen molar-refractivity contribution in [1.82, 2.24) is 9.80 Å². The number of amides is 3. The van der Waals surface area contributed by atoms with Crippen molar-refractivity contribution in [3.05, 3.63) is 23.8 Å². The molecule has 0 unspecified atom stereocenters. The number of allylic oxidation sites excluding steroid dienone is 3. The van der Waals surface area contributed by atoms with Crippen molar-refractivity contribution in [2.75, 3.05) is 19.8 Å². The Balaban J connectivity index is 2.00. The number of imide groups is 1. The van der Waals surface area contributed by atoms with Crippen molar-refractivity contribution >= 4 is 17.9 Å². The van der Waals surface area contributed by atoms with Crippen molar-refractivity contribution in [2.45, 2.75) is 20.8 Å². The Morgan fingerprint density at radius 1 is 1.50 bits per heavy atom. The zero-order chi connectivity index (χ0) is 19.6. The Kier molecular flexibility index (Phi) is 5.22. The monoisotopic (exact) mass is 355 g/mol. The third-order valence-electron chi connectivity index (χ3n) is 4.84. The average Bonchev–Trinajstić information content (AvgIpc) is 3.00. The number of carbonyl (C=O) groups excluding carboxylic acids is 3. The average molecular weight is 355 g/mol. The Labute approximate surface area is 152 Å². The lowest BCUT2D eigenvalue weighted by Crippen LogP contribution is -2.36. The lowest BCUT2D eigenvalue weighted by molar-refractivity contribution is -0.151. The van der Waals surface area contributed by atoms with Crippen LogP contribution in [0.3, 0.4) is 0 Å². The molecule has 2 rings (SSSR count).